The minimum atomic E-state index is 0.520. The summed E-state index contributed by atoms with van der Waals surface area (Å²) >= 11 is 2.66. The van der Waals surface area contributed by atoms with Gasteiger partial charge in [-0.2, -0.15) is 14.7 Å². The lowest BCUT2D eigenvalue weighted by molar-refractivity contribution is 0.355. The number of nitrogens with zero attached hydrogens (tertiary/aromatic N) is 3. The molecule has 0 saturated carbocycles. The normalized spacial score (nSPS) is 11.0. The van der Waals surface area contributed by atoms with E-state index in [0.717, 1.165) is 11.3 Å². The van der Waals surface area contributed by atoms with Gasteiger partial charge in [-0.1, -0.05) is 0 Å². The summed E-state index contributed by atoms with van der Waals surface area (Å²) < 4.78 is 14.7. The monoisotopic (exact) mass is 348 g/mol. The zero-order valence-corrected chi connectivity index (χ0v) is 14.8. The Balaban J connectivity index is 2.24. The number of thioether (sulfide) groups is 1. The summed E-state index contributed by atoms with van der Waals surface area (Å²) in [5.41, 5.74) is 5.09. The van der Waals surface area contributed by atoms with Crippen LogP contribution in [0, 0.1) is 11.3 Å². The topological polar surface area (TPSA) is 79.5 Å². The highest BCUT2D eigenvalue weighted by atomic mass is 32.2. The van der Waals surface area contributed by atoms with E-state index in [0.29, 0.717) is 27.1 Å². The fraction of sp³-hybridized carbons (Fsp3) is 0.267. The molecule has 0 aliphatic rings. The second kappa shape index (κ2) is 7.85. The van der Waals surface area contributed by atoms with Crippen LogP contribution in [-0.2, 0) is 0 Å². The molecule has 0 fully saturated rings. The van der Waals surface area contributed by atoms with Gasteiger partial charge in [-0.05, 0) is 42.9 Å². The molecule has 0 aliphatic heterocycles. The molecule has 0 radical (unpaired) electrons. The van der Waals surface area contributed by atoms with Gasteiger partial charge >= 0.3 is 0 Å². The molecule has 120 valence electrons. The Labute approximate surface area is 143 Å². The molecule has 0 saturated heterocycles. The third-order valence-corrected chi connectivity index (χ3v) is 4.64. The van der Waals surface area contributed by atoms with Gasteiger partial charge in [0.05, 0.1) is 19.9 Å². The van der Waals surface area contributed by atoms with Crippen LogP contribution in [0.1, 0.15) is 18.1 Å². The van der Waals surface area contributed by atoms with Crippen molar-refractivity contribution in [2.24, 2.45) is 5.10 Å². The van der Waals surface area contributed by atoms with E-state index >= 15 is 0 Å². The maximum Gasteiger partial charge on any atom is 0.161 e. The van der Waals surface area contributed by atoms with E-state index in [1.807, 2.05) is 31.4 Å². The maximum atomic E-state index is 9.21. The molecule has 1 N–H and O–H groups in total. The number of nitriles is 1. The van der Waals surface area contributed by atoms with Gasteiger partial charge in [-0.3, -0.25) is 5.43 Å². The summed E-state index contributed by atoms with van der Waals surface area (Å²) in [4.78, 5) is 0. The Hall–Kier alpha value is -2.24. The van der Waals surface area contributed by atoms with Crippen LogP contribution in [0.15, 0.2) is 28.3 Å². The van der Waals surface area contributed by atoms with E-state index in [4.69, 9.17) is 9.47 Å². The van der Waals surface area contributed by atoms with Crippen LogP contribution in [-0.4, -0.2) is 30.6 Å². The molecular weight excluding hydrogens is 332 g/mol. The molecule has 0 bridgehead atoms. The smallest absolute Gasteiger partial charge is 0.161 e. The number of ether oxygens (including phenoxy) is 2. The molecule has 23 heavy (non-hydrogen) atoms. The number of methoxy groups -OCH3 is 2. The first kappa shape index (κ1) is 17.1. The lowest BCUT2D eigenvalue weighted by atomic mass is 10.1. The molecule has 6 nitrogen and oxygen atoms in total. The highest BCUT2D eigenvalue weighted by Gasteiger charge is 2.12. The lowest BCUT2D eigenvalue weighted by Crippen LogP contribution is -2.01. The second-order valence-corrected chi connectivity index (χ2v) is 5.95. The van der Waals surface area contributed by atoms with E-state index in [1.165, 1.54) is 23.3 Å². The predicted octanol–water partition coefficient (Wildman–Crippen LogP) is 3.59. The molecule has 1 aromatic heterocycles. The molecule has 2 rings (SSSR count). The Kier molecular flexibility index (Phi) is 5.84. The summed E-state index contributed by atoms with van der Waals surface area (Å²) in [5, 5.41) is 14.9. The first-order chi connectivity index (χ1) is 11.1. The SMILES string of the molecule is COc1ccc(/C(C)=N\Nc2snc(SC)c2C#N)cc1OC. The molecule has 1 heterocycles. The lowest BCUT2D eigenvalue weighted by Gasteiger charge is -2.09. The first-order valence-electron chi connectivity index (χ1n) is 6.61. The van der Waals surface area contributed by atoms with Crippen LogP contribution in [0.3, 0.4) is 0 Å². The van der Waals surface area contributed by atoms with Crippen LogP contribution in [0.25, 0.3) is 0 Å². The van der Waals surface area contributed by atoms with Gasteiger partial charge in [0.15, 0.2) is 11.5 Å². The largest absolute Gasteiger partial charge is 0.493 e. The summed E-state index contributed by atoms with van der Waals surface area (Å²) in [6.45, 7) is 1.87. The number of nitrogens with one attached hydrogen (secondary N) is 1. The molecule has 0 atom stereocenters. The van der Waals surface area contributed by atoms with Crippen molar-refractivity contribution in [1.82, 2.24) is 4.37 Å². The Bertz CT molecular complexity index is 765. The fourth-order valence-electron chi connectivity index (χ4n) is 1.85. The summed E-state index contributed by atoms with van der Waals surface area (Å²) in [7, 11) is 3.18. The summed E-state index contributed by atoms with van der Waals surface area (Å²) in [6, 6.07) is 7.72. The van der Waals surface area contributed by atoms with Gasteiger partial charge in [0, 0.05) is 5.56 Å². The molecule has 8 heteroatoms. The minimum Gasteiger partial charge on any atom is -0.493 e. The van der Waals surface area contributed by atoms with Gasteiger partial charge in [-0.15, -0.1) is 11.8 Å². The quantitative estimate of drug-likeness (QED) is 0.488. The predicted molar refractivity (Wildman–Crippen MR) is 94.0 cm³/mol. The Morgan fingerprint density at radius 3 is 2.70 bits per heavy atom. The highest BCUT2D eigenvalue weighted by Crippen LogP contribution is 2.30. The first-order valence-corrected chi connectivity index (χ1v) is 8.60. The zero-order valence-electron chi connectivity index (χ0n) is 13.2. The maximum absolute atomic E-state index is 9.21. The standard InChI is InChI=1S/C15H16N4O2S2/c1-9(10-5-6-12(20-2)13(7-10)21-3)17-18-14-11(8-16)15(22-4)19-23-14/h5-7,18H,1-4H3/b17-9-. The molecular formula is C15H16N4O2S2. The molecule has 1 aromatic carbocycles. The summed E-state index contributed by atoms with van der Waals surface area (Å²) in [5.74, 6) is 1.30. The number of hydrazone groups is 1. The Morgan fingerprint density at radius 2 is 2.09 bits per heavy atom. The number of hydrogen-bond acceptors (Lipinski definition) is 8. The zero-order chi connectivity index (χ0) is 16.8. The van der Waals surface area contributed by atoms with Crippen LogP contribution < -0.4 is 14.9 Å². The molecule has 0 unspecified atom stereocenters. The number of aromatic nitrogens is 1. The van der Waals surface area contributed by atoms with Gasteiger partial charge in [0.25, 0.3) is 0 Å². The summed E-state index contributed by atoms with van der Waals surface area (Å²) in [6.07, 6.45) is 1.89. The van der Waals surface area contributed by atoms with E-state index in [-0.39, 0.29) is 0 Å². The van der Waals surface area contributed by atoms with Crippen molar-refractivity contribution in [3.05, 3.63) is 29.3 Å². The Morgan fingerprint density at radius 1 is 1.35 bits per heavy atom. The van der Waals surface area contributed by atoms with Crippen molar-refractivity contribution < 1.29 is 9.47 Å². The third kappa shape index (κ3) is 3.75. The van der Waals surface area contributed by atoms with Gasteiger partial charge in [0.2, 0.25) is 0 Å². The molecule has 2 aromatic rings. The van der Waals surface area contributed by atoms with Gasteiger partial charge in [-0.25, -0.2) is 0 Å². The minimum absolute atomic E-state index is 0.520. The van der Waals surface area contributed by atoms with E-state index in [2.05, 4.69) is 21.0 Å². The van der Waals surface area contributed by atoms with Gasteiger partial charge < -0.3 is 9.47 Å². The molecule has 0 aliphatic carbocycles. The van der Waals surface area contributed by atoms with Crippen molar-refractivity contribution >= 4 is 34.0 Å². The van der Waals surface area contributed by atoms with E-state index in [9.17, 15) is 5.26 Å². The molecule has 0 amide bonds. The average molecular weight is 348 g/mol. The van der Waals surface area contributed by atoms with E-state index < -0.39 is 0 Å². The number of benzene rings is 1. The second-order valence-electron chi connectivity index (χ2n) is 4.39. The van der Waals surface area contributed by atoms with Crippen LogP contribution >= 0.6 is 23.3 Å². The van der Waals surface area contributed by atoms with E-state index in [1.54, 1.807) is 14.2 Å². The molecule has 0 spiro atoms. The van der Waals surface area contributed by atoms with Crippen LogP contribution in [0.4, 0.5) is 5.00 Å². The van der Waals surface area contributed by atoms with Crippen LogP contribution in [0.2, 0.25) is 0 Å². The third-order valence-electron chi connectivity index (χ3n) is 3.09. The van der Waals surface area contributed by atoms with Crippen LogP contribution in [0.5, 0.6) is 11.5 Å². The number of rotatable bonds is 6. The highest BCUT2D eigenvalue weighted by molar-refractivity contribution is 7.98. The van der Waals surface area contributed by atoms with Crippen molar-refractivity contribution in [2.45, 2.75) is 11.9 Å². The number of anilines is 1. The van der Waals surface area contributed by atoms with Crippen molar-refractivity contribution in [3.63, 3.8) is 0 Å². The van der Waals surface area contributed by atoms with Crippen molar-refractivity contribution in [1.29, 1.82) is 5.26 Å². The number of hydrogen-bond donors (Lipinski definition) is 1. The van der Waals surface area contributed by atoms with Crippen molar-refractivity contribution in [2.75, 3.05) is 25.9 Å². The average Bonchev–Trinajstić information content (AvgIpc) is 3.00. The van der Waals surface area contributed by atoms with Crippen molar-refractivity contribution in [3.8, 4) is 17.6 Å². The van der Waals surface area contributed by atoms with Gasteiger partial charge in [0.1, 0.15) is 21.7 Å². The fourth-order valence-corrected chi connectivity index (χ4v) is 3.26.